The van der Waals surface area contributed by atoms with Gasteiger partial charge in [-0.1, -0.05) is 0 Å². The lowest BCUT2D eigenvalue weighted by atomic mass is 10.1. The molecule has 0 atom stereocenters. The van der Waals surface area contributed by atoms with Gasteiger partial charge in [-0.05, 0) is 32.0 Å². The molecule has 0 aliphatic rings. The van der Waals surface area contributed by atoms with Gasteiger partial charge >= 0.3 is 0 Å². The van der Waals surface area contributed by atoms with Crippen molar-refractivity contribution in [2.24, 2.45) is 0 Å². The van der Waals surface area contributed by atoms with Crippen LogP contribution >= 0.6 is 0 Å². The molecule has 0 radical (unpaired) electrons. The van der Waals surface area contributed by atoms with Gasteiger partial charge in [0.1, 0.15) is 12.6 Å². The number of carbonyl (C=O) groups is 1. The summed E-state index contributed by atoms with van der Waals surface area (Å²) < 4.78 is 2.52. The van der Waals surface area contributed by atoms with E-state index in [2.05, 4.69) is 15.5 Å². The molecule has 29 heavy (non-hydrogen) atoms. The van der Waals surface area contributed by atoms with Crippen LogP contribution in [0.5, 0.6) is 0 Å². The largest absolute Gasteiger partial charge is 0.323 e. The number of amides is 1. The first-order valence-electron chi connectivity index (χ1n) is 8.38. The van der Waals surface area contributed by atoms with Crippen LogP contribution in [0, 0.1) is 35.3 Å². The van der Waals surface area contributed by atoms with E-state index in [0.29, 0.717) is 5.82 Å². The number of hydrogen-bond donors (Lipinski definition) is 1. The monoisotopic (exact) mass is 393 g/mol. The number of hydrogen-bond acceptors (Lipinski definition) is 7. The van der Waals surface area contributed by atoms with Gasteiger partial charge in [0.2, 0.25) is 5.91 Å². The Morgan fingerprint density at radius 1 is 1.24 bits per heavy atom. The van der Waals surface area contributed by atoms with E-state index in [1.165, 1.54) is 24.3 Å². The van der Waals surface area contributed by atoms with Crippen LogP contribution in [-0.2, 0) is 11.3 Å². The number of nitro groups is 1. The van der Waals surface area contributed by atoms with Gasteiger partial charge in [-0.15, -0.1) is 5.10 Å². The van der Waals surface area contributed by atoms with Crippen molar-refractivity contribution in [3.8, 4) is 11.9 Å². The average Bonchev–Trinajstić information content (AvgIpc) is 3.01. The molecule has 0 saturated carbocycles. The fourth-order valence-corrected chi connectivity index (χ4v) is 2.70. The predicted octanol–water partition coefficient (Wildman–Crippen LogP) is 1.46. The highest BCUT2D eigenvalue weighted by Crippen LogP contribution is 2.21. The van der Waals surface area contributed by atoms with Gasteiger partial charge in [-0.2, -0.15) is 10.4 Å². The van der Waals surface area contributed by atoms with Crippen molar-refractivity contribution in [2.45, 2.75) is 20.4 Å². The number of rotatable bonds is 5. The number of nitrogens with one attached hydrogen (secondary N) is 1. The Hall–Kier alpha value is -4.33. The molecular formula is C18H15N7O4. The molecule has 0 bridgehead atoms. The molecule has 0 saturated heterocycles. The van der Waals surface area contributed by atoms with Crippen LogP contribution in [0.1, 0.15) is 17.0 Å². The van der Waals surface area contributed by atoms with Crippen LogP contribution in [0.3, 0.4) is 0 Å². The zero-order valence-corrected chi connectivity index (χ0v) is 15.5. The highest BCUT2D eigenvalue weighted by atomic mass is 16.6. The van der Waals surface area contributed by atoms with Gasteiger partial charge in [0.05, 0.1) is 21.9 Å². The topological polar surface area (TPSA) is 149 Å². The molecule has 146 valence electrons. The van der Waals surface area contributed by atoms with E-state index in [4.69, 9.17) is 5.26 Å². The van der Waals surface area contributed by atoms with E-state index < -0.39 is 22.9 Å². The van der Waals surface area contributed by atoms with Gasteiger partial charge < -0.3 is 5.32 Å². The maximum absolute atomic E-state index is 12.4. The zero-order chi connectivity index (χ0) is 21.1. The van der Waals surface area contributed by atoms with E-state index in [-0.39, 0.29) is 16.9 Å². The number of carbonyl (C=O) groups excluding carboxylic acids is 1. The van der Waals surface area contributed by atoms with Crippen molar-refractivity contribution >= 4 is 17.3 Å². The van der Waals surface area contributed by atoms with Crippen LogP contribution in [0.25, 0.3) is 5.82 Å². The standard InChI is InChI=1S/C18H15N7O4/c1-11-7-12(2)24(21-11)16-5-6-18(27)23(22-16)10-17(26)20-15-4-3-14(25(28)29)8-13(15)9-19/h3-8H,10H2,1-2H3,(H,20,26). The van der Waals surface area contributed by atoms with Crippen molar-refractivity contribution in [2.75, 3.05) is 5.32 Å². The first kappa shape index (κ1) is 19.4. The quantitative estimate of drug-likeness (QED) is 0.509. The summed E-state index contributed by atoms with van der Waals surface area (Å²) in [4.78, 5) is 34.6. The lowest BCUT2D eigenvalue weighted by molar-refractivity contribution is -0.384. The van der Waals surface area contributed by atoms with Gasteiger partial charge in [-0.25, -0.2) is 9.36 Å². The van der Waals surface area contributed by atoms with Crippen LogP contribution in [0.4, 0.5) is 11.4 Å². The van der Waals surface area contributed by atoms with Crippen LogP contribution in [-0.4, -0.2) is 30.4 Å². The second-order valence-corrected chi connectivity index (χ2v) is 6.17. The molecule has 3 aromatic rings. The molecule has 0 aliphatic heterocycles. The number of non-ortho nitro benzene ring substituents is 1. The molecular weight excluding hydrogens is 378 g/mol. The fraction of sp³-hybridized carbons (Fsp3) is 0.167. The zero-order valence-electron chi connectivity index (χ0n) is 15.5. The van der Waals surface area contributed by atoms with Crippen LogP contribution in [0.15, 0.2) is 41.2 Å². The molecule has 2 heterocycles. The van der Waals surface area contributed by atoms with Gasteiger partial charge in [0.15, 0.2) is 5.82 Å². The molecule has 1 amide bonds. The number of anilines is 1. The highest BCUT2D eigenvalue weighted by molar-refractivity contribution is 5.92. The average molecular weight is 393 g/mol. The summed E-state index contributed by atoms with van der Waals surface area (Å²) >= 11 is 0. The Morgan fingerprint density at radius 2 is 2.00 bits per heavy atom. The number of nitrogens with zero attached hydrogens (tertiary/aromatic N) is 6. The summed E-state index contributed by atoms with van der Waals surface area (Å²) in [5, 5.41) is 30.9. The van der Waals surface area contributed by atoms with Crippen molar-refractivity contribution < 1.29 is 9.72 Å². The smallest absolute Gasteiger partial charge is 0.270 e. The molecule has 0 spiro atoms. The van der Waals surface area contributed by atoms with Crippen LogP contribution < -0.4 is 10.9 Å². The summed E-state index contributed by atoms with van der Waals surface area (Å²) in [5.74, 6) is -0.244. The van der Waals surface area contributed by atoms with Crippen molar-refractivity contribution in [1.82, 2.24) is 19.6 Å². The number of nitriles is 1. The summed E-state index contributed by atoms with van der Waals surface area (Å²) in [6.45, 7) is 3.25. The molecule has 0 aliphatic carbocycles. The molecule has 0 fully saturated rings. The van der Waals surface area contributed by atoms with Crippen molar-refractivity contribution in [1.29, 1.82) is 5.26 Å². The Labute approximate surface area is 164 Å². The van der Waals surface area contributed by atoms with E-state index in [9.17, 15) is 19.7 Å². The SMILES string of the molecule is Cc1cc(C)n(-c2ccc(=O)n(CC(=O)Nc3ccc([N+](=O)[O-])cc3C#N)n2)n1. The van der Waals surface area contributed by atoms with Crippen LogP contribution in [0.2, 0.25) is 0 Å². The molecule has 11 nitrogen and oxygen atoms in total. The predicted molar refractivity (Wildman–Crippen MR) is 102 cm³/mol. The molecule has 3 rings (SSSR count). The number of aryl methyl sites for hydroxylation is 2. The molecule has 1 N–H and O–H groups in total. The minimum atomic E-state index is -0.638. The third-order valence-corrected chi connectivity index (χ3v) is 3.98. The van der Waals surface area contributed by atoms with Crippen molar-refractivity contribution in [3.63, 3.8) is 0 Å². The minimum Gasteiger partial charge on any atom is -0.323 e. The number of aromatic nitrogens is 4. The fourth-order valence-electron chi connectivity index (χ4n) is 2.70. The summed E-state index contributed by atoms with van der Waals surface area (Å²) in [7, 11) is 0. The van der Waals surface area contributed by atoms with Gasteiger partial charge in [0, 0.05) is 23.9 Å². The third-order valence-electron chi connectivity index (χ3n) is 3.98. The van der Waals surface area contributed by atoms with E-state index in [0.717, 1.165) is 22.1 Å². The Morgan fingerprint density at radius 3 is 2.62 bits per heavy atom. The first-order valence-corrected chi connectivity index (χ1v) is 8.38. The minimum absolute atomic E-state index is 0.0655. The van der Waals surface area contributed by atoms with Gasteiger partial charge in [-0.3, -0.25) is 19.7 Å². The molecule has 11 heteroatoms. The Bertz CT molecular complexity index is 1220. The second-order valence-electron chi connectivity index (χ2n) is 6.17. The maximum Gasteiger partial charge on any atom is 0.270 e. The lowest BCUT2D eigenvalue weighted by Crippen LogP contribution is -2.30. The molecule has 1 aromatic carbocycles. The molecule has 0 unspecified atom stereocenters. The second kappa shape index (κ2) is 7.73. The van der Waals surface area contributed by atoms with Crippen molar-refractivity contribution in [3.05, 3.63) is 73.8 Å². The lowest BCUT2D eigenvalue weighted by Gasteiger charge is -2.10. The Kier molecular flexibility index (Phi) is 5.18. The highest BCUT2D eigenvalue weighted by Gasteiger charge is 2.14. The first-order chi connectivity index (χ1) is 13.8. The number of benzene rings is 1. The summed E-state index contributed by atoms with van der Waals surface area (Å²) in [6, 6.07) is 9.91. The normalized spacial score (nSPS) is 10.4. The van der Waals surface area contributed by atoms with E-state index >= 15 is 0 Å². The summed E-state index contributed by atoms with van der Waals surface area (Å²) in [5.41, 5.74) is 0.871. The Balaban J connectivity index is 1.84. The third kappa shape index (κ3) is 4.16. The number of nitro benzene ring substituents is 1. The maximum atomic E-state index is 12.4. The summed E-state index contributed by atoms with van der Waals surface area (Å²) in [6.07, 6.45) is 0. The van der Waals surface area contributed by atoms with E-state index in [1.807, 2.05) is 19.9 Å². The van der Waals surface area contributed by atoms with Gasteiger partial charge in [0.25, 0.3) is 11.2 Å². The van der Waals surface area contributed by atoms with E-state index in [1.54, 1.807) is 10.8 Å². The molecule has 2 aromatic heterocycles.